The van der Waals surface area contributed by atoms with Crippen molar-refractivity contribution >= 4 is 11.8 Å². The largest absolute Gasteiger partial charge is 0.300 e. The van der Waals surface area contributed by atoms with Gasteiger partial charge in [-0.25, -0.2) is 0 Å². The lowest BCUT2D eigenvalue weighted by atomic mass is 10.1. The third kappa shape index (κ3) is 2.46. The highest BCUT2D eigenvalue weighted by molar-refractivity contribution is 8.04. The monoisotopic (exact) mass is 193 g/mol. The molecule has 4 heteroatoms. The fraction of sp³-hybridized carbons (Fsp3) is 0.222. The number of thiocyanates is 1. The highest BCUT2D eigenvalue weighted by atomic mass is 32.2. The highest BCUT2D eigenvalue weighted by Gasteiger charge is 2.22. The molecule has 3 nitrogen and oxygen atoms in total. The van der Waals surface area contributed by atoms with Crippen LogP contribution in [0.4, 0.5) is 0 Å². The molecule has 0 saturated heterocycles. The van der Waals surface area contributed by atoms with Crippen LogP contribution in [0.3, 0.4) is 0 Å². The normalized spacial score (nSPS) is 10.9. The first-order valence-corrected chi connectivity index (χ1v) is 4.60. The summed E-state index contributed by atoms with van der Waals surface area (Å²) in [6.45, 7) is 1.95. The van der Waals surface area contributed by atoms with E-state index in [1.807, 2.05) is 36.6 Å². The SMILES string of the molecule is Cc1cccc(C(N)(N)SC#N)c1. The van der Waals surface area contributed by atoms with Crippen LogP contribution in [0.2, 0.25) is 0 Å². The van der Waals surface area contributed by atoms with E-state index < -0.39 is 4.99 Å². The molecule has 13 heavy (non-hydrogen) atoms. The maximum absolute atomic E-state index is 8.49. The van der Waals surface area contributed by atoms with Crippen molar-refractivity contribution in [2.24, 2.45) is 11.5 Å². The molecule has 0 aromatic heterocycles. The van der Waals surface area contributed by atoms with Gasteiger partial charge in [0.25, 0.3) is 0 Å². The van der Waals surface area contributed by atoms with E-state index in [-0.39, 0.29) is 0 Å². The van der Waals surface area contributed by atoms with E-state index in [2.05, 4.69) is 0 Å². The van der Waals surface area contributed by atoms with Gasteiger partial charge < -0.3 is 11.5 Å². The van der Waals surface area contributed by atoms with Crippen molar-refractivity contribution < 1.29 is 0 Å². The molecule has 0 unspecified atom stereocenters. The standard InChI is InChI=1S/C9H11N3S/c1-7-3-2-4-8(5-7)9(11,12)13-6-10/h2-5H,11-12H2,1H3. The summed E-state index contributed by atoms with van der Waals surface area (Å²) in [5.74, 6) is 0. The van der Waals surface area contributed by atoms with Crippen LogP contribution in [0.25, 0.3) is 0 Å². The van der Waals surface area contributed by atoms with E-state index in [0.717, 1.165) is 22.9 Å². The predicted molar refractivity (Wildman–Crippen MR) is 54.4 cm³/mol. The Morgan fingerprint density at radius 3 is 2.69 bits per heavy atom. The second kappa shape index (κ2) is 3.79. The Bertz CT molecular complexity index is 341. The van der Waals surface area contributed by atoms with Crippen molar-refractivity contribution in [3.8, 4) is 5.40 Å². The summed E-state index contributed by atoms with van der Waals surface area (Å²) in [6.07, 6.45) is 0. The second-order valence-corrected chi connectivity index (χ2v) is 3.92. The van der Waals surface area contributed by atoms with Crippen molar-refractivity contribution in [3.05, 3.63) is 35.4 Å². The molecule has 1 rings (SSSR count). The molecule has 0 spiro atoms. The second-order valence-electron chi connectivity index (χ2n) is 2.86. The minimum absolute atomic E-state index is 0.763. The first-order chi connectivity index (χ1) is 6.06. The maximum Gasteiger partial charge on any atom is 0.152 e. The molecular weight excluding hydrogens is 182 g/mol. The van der Waals surface area contributed by atoms with Gasteiger partial charge in [-0.2, -0.15) is 5.26 Å². The molecule has 0 aliphatic heterocycles. The molecule has 1 aromatic rings. The fourth-order valence-corrected chi connectivity index (χ4v) is 1.42. The quantitative estimate of drug-likeness (QED) is 0.547. The van der Waals surface area contributed by atoms with Crippen molar-refractivity contribution in [2.75, 3.05) is 0 Å². The van der Waals surface area contributed by atoms with E-state index in [1.165, 1.54) is 0 Å². The van der Waals surface area contributed by atoms with E-state index in [4.69, 9.17) is 16.7 Å². The molecular formula is C9H11N3S. The van der Waals surface area contributed by atoms with Gasteiger partial charge in [-0.05, 0) is 24.2 Å². The predicted octanol–water partition coefficient (Wildman–Crippen LogP) is 1.24. The first-order valence-electron chi connectivity index (χ1n) is 3.78. The highest BCUT2D eigenvalue weighted by Crippen LogP contribution is 2.24. The summed E-state index contributed by atoms with van der Waals surface area (Å²) in [6, 6.07) is 7.52. The molecule has 0 aliphatic carbocycles. The molecule has 4 N–H and O–H groups in total. The Morgan fingerprint density at radius 2 is 2.15 bits per heavy atom. The molecule has 0 saturated carbocycles. The van der Waals surface area contributed by atoms with Crippen LogP contribution in [0.1, 0.15) is 11.1 Å². The number of benzene rings is 1. The molecule has 0 aliphatic rings. The topological polar surface area (TPSA) is 75.8 Å². The van der Waals surface area contributed by atoms with Crippen LogP contribution in [-0.2, 0) is 4.99 Å². The van der Waals surface area contributed by atoms with Gasteiger partial charge >= 0.3 is 0 Å². The minimum Gasteiger partial charge on any atom is -0.300 e. The Hall–Kier alpha value is -1.02. The summed E-state index contributed by atoms with van der Waals surface area (Å²) in [7, 11) is 0. The third-order valence-electron chi connectivity index (χ3n) is 1.68. The van der Waals surface area contributed by atoms with Gasteiger partial charge in [0.05, 0.1) is 0 Å². The first kappa shape index (κ1) is 10.1. The van der Waals surface area contributed by atoms with Gasteiger partial charge in [0.15, 0.2) is 4.99 Å². The van der Waals surface area contributed by atoms with Crippen molar-refractivity contribution in [1.82, 2.24) is 0 Å². The maximum atomic E-state index is 8.49. The zero-order valence-electron chi connectivity index (χ0n) is 7.32. The molecule has 0 heterocycles. The summed E-state index contributed by atoms with van der Waals surface area (Å²) in [5, 5.41) is 10.4. The van der Waals surface area contributed by atoms with Gasteiger partial charge in [-0.1, -0.05) is 29.8 Å². The Balaban J connectivity index is 3.01. The van der Waals surface area contributed by atoms with E-state index in [1.54, 1.807) is 0 Å². The van der Waals surface area contributed by atoms with Gasteiger partial charge in [0.2, 0.25) is 0 Å². The third-order valence-corrected chi connectivity index (χ3v) is 2.35. The Morgan fingerprint density at radius 1 is 1.46 bits per heavy atom. The number of thioether (sulfide) groups is 1. The molecule has 1 aromatic carbocycles. The van der Waals surface area contributed by atoms with Gasteiger partial charge in [0.1, 0.15) is 5.40 Å². The van der Waals surface area contributed by atoms with E-state index in [9.17, 15) is 0 Å². The lowest BCUT2D eigenvalue weighted by Crippen LogP contribution is -2.42. The fourth-order valence-electron chi connectivity index (χ4n) is 1.02. The van der Waals surface area contributed by atoms with Crippen LogP contribution in [-0.4, -0.2) is 0 Å². The summed E-state index contributed by atoms with van der Waals surface area (Å²) >= 11 is 0.856. The van der Waals surface area contributed by atoms with E-state index >= 15 is 0 Å². The van der Waals surface area contributed by atoms with Crippen LogP contribution in [0.5, 0.6) is 0 Å². The van der Waals surface area contributed by atoms with Gasteiger partial charge in [0, 0.05) is 0 Å². The average molecular weight is 193 g/mol. The summed E-state index contributed by atoms with van der Waals surface area (Å²) in [4.78, 5) is -1.11. The number of aryl methyl sites for hydroxylation is 1. The Kier molecular flexibility index (Phi) is 2.94. The lowest BCUT2D eigenvalue weighted by molar-refractivity contribution is 0.698. The van der Waals surface area contributed by atoms with Crippen molar-refractivity contribution in [1.29, 1.82) is 5.26 Å². The number of rotatable bonds is 2. The molecule has 68 valence electrons. The number of hydrogen-bond acceptors (Lipinski definition) is 4. The number of nitrogens with two attached hydrogens (primary N) is 2. The van der Waals surface area contributed by atoms with Crippen LogP contribution >= 0.6 is 11.8 Å². The van der Waals surface area contributed by atoms with Crippen LogP contribution < -0.4 is 11.5 Å². The molecule has 0 atom stereocenters. The zero-order valence-corrected chi connectivity index (χ0v) is 8.14. The van der Waals surface area contributed by atoms with Crippen LogP contribution in [0.15, 0.2) is 24.3 Å². The summed E-state index contributed by atoms with van der Waals surface area (Å²) in [5.41, 5.74) is 13.3. The molecule has 0 fully saturated rings. The molecule has 0 amide bonds. The van der Waals surface area contributed by atoms with Gasteiger partial charge in [-0.3, -0.25) is 0 Å². The van der Waals surface area contributed by atoms with Crippen LogP contribution in [0, 0.1) is 17.6 Å². The van der Waals surface area contributed by atoms with Crippen molar-refractivity contribution in [3.63, 3.8) is 0 Å². The molecule has 0 radical (unpaired) electrons. The van der Waals surface area contributed by atoms with E-state index in [0.29, 0.717) is 0 Å². The Labute approximate surface area is 81.7 Å². The number of hydrogen-bond donors (Lipinski definition) is 2. The lowest BCUT2D eigenvalue weighted by Gasteiger charge is -2.20. The molecule has 0 bridgehead atoms. The smallest absolute Gasteiger partial charge is 0.152 e. The van der Waals surface area contributed by atoms with Crippen molar-refractivity contribution in [2.45, 2.75) is 11.9 Å². The summed E-state index contributed by atoms with van der Waals surface area (Å²) < 4.78 is 0. The number of nitriles is 1. The minimum atomic E-state index is -1.11. The number of nitrogens with zero attached hydrogens (tertiary/aromatic N) is 1. The van der Waals surface area contributed by atoms with Gasteiger partial charge in [-0.15, -0.1) is 0 Å². The zero-order chi connectivity index (χ0) is 9.90. The average Bonchev–Trinajstić information content (AvgIpc) is 2.04.